The maximum atomic E-state index is 5.93. The Hall–Kier alpha value is -3.15. The SMILES string of the molecule is Cn1nccc1-c1nc(Oc2ccccc2)c2cccn2n1. The molecular weight excluding hydrogens is 278 g/mol. The first-order chi connectivity index (χ1) is 10.8. The van der Waals surface area contributed by atoms with Crippen molar-refractivity contribution in [1.82, 2.24) is 24.4 Å². The van der Waals surface area contributed by atoms with Gasteiger partial charge in [-0.25, -0.2) is 4.52 Å². The summed E-state index contributed by atoms with van der Waals surface area (Å²) in [6.45, 7) is 0. The molecule has 1 aromatic carbocycles. The van der Waals surface area contributed by atoms with Gasteiger partial charge >= 0.3 is 0 Å². The molecule has 22 heavy (non-hydrogen) atoms. The molecule has 3 heterocycles. The second-order valence-corrected chi connectivity index (χ2v) is 4.83. The summed E-state index contributed by atoms with van der Waals surface area (Å²) in [5.74, 6) is 1.82. The quantitative estimate of drug-likeness (QED) is 0.582. The van der Waals surface area contributed by atoms with E-state index in [1.165, 1.54) is 0 Å². The molecule has 6 heteroatoms. The highest BCUT2D eigenvalue weighted by atomic mass is 16.5. The molecule has 0 aliphatic rings. The Balaban J connectivity index is 1.86. The van der Waals surface area contributed by atoms with E-state index in [9.17, 15) is 0 Å². The lowest BCUT2D eigenvalue weighted by Gasteiger charge is -2.08. The Morgan fingerprint density at radius 2 is 1.86 bits per heavy atom. The van der Waals surface area contributed by atoms with Crippen molar-refractivity contribution in [2.45, 2.75) is 0 Å². The Morgan fingerprint density at radius 1 is 1.00 bits per heavy atom. The highest BCUT2D eigenvalue weighted by Crippen LogP contribution is 2.26. The van der Waals surface area contributed by atoms with Crippen molar-refractivity contribution in [1.29, 1.82) is 0 Å². The van der Waals surface area contributed by atoms with Crippen LogP contribution in [0.3, 0.4) is 0 Å². The zero-order chi connectivity index (χ0) is 14.9. The Kier molecular flexibility index (Phi) is 2.86. The van der Waals surface area contributed by atoms with Gasteiger partial charge in [-0.3, -0.25) is 4.68 Å². The maximum absolute atomic E-state index is 5.93. The van der Waals surface area contributed by atoms with Gasteiger partial charge in [0.25, 0.3) is 0 Å². The summed E-state index contributed by atoms with van der Waals surface area (Å²) in [5, 5.41) is 8.67. The van der Waals surface area contributed by atoms with Crippen LogP contribution in [0.5, 0.6) is 11.6 Å². The zero-order valence-corrected chi connectivity index (χ0v) is 11.9. The number of ether oxygens (including phenoxy) is 1. The van der Waals surface area contributed by atoms with Gasteiger partial charge in [0.05, 0.1) is 0 Å². The molecule has 4 rings (SSSR count). The second kappa shape index (κ2) is 5.00. The van der Waals surface area contributed by atoms with Gasteiger partial charge in [0.1, 0.15) is 17.0 Å². The van der Waals surface area contributed by atoms with Crippen LogP contribution in [0.2, 0.25) is 0 Å². The third-order valence-corrected chi connectivity index (χ3v) is 3.36. The average molecular weight is 291 g/mol. The number of nitrogens with zero attached hydrogens (tertiary/aromatic N) is 5. The molecule has 0 saturated heterocycles. The van der Waals surface area contributed by atoms with Crippen LogP contribution in [0.4, 0.5) is 0 Å². The Bertz CT molecular complexity index is 926. The van der Waals surface area contributed by atoms with E-state index in [4.69, 9.17) is 4.74 Å². The summed E-state index contributed by atoms with van der Waals surface area (Å²) in [7, 11) is 1.86. The van der Waals surface area contributed by atoms with Crippen LogP contribution in [-0.2, 0) is 7.05 Å². The third-order valence-electron chi connectivity index (χ3n) is 3.36. The zero-order valence-electron chi connectivity index (χ0n) is 11.9. The monoisotopic (exact) mass is 291 g/mol. The van der Waals surface area contributed by atoms with Gasteiger partial charge in [-0.1, -0.05) is 18.2 Å². The molecule has 0 atom stereocenters. The van der Waals surface area contributed by atoms with Crippen LogP contribution in [0.1, 0.15) is 0 Å². The minimum absolute atomic E-state index is 0.516. The topological polar surface area (TPSA) is 57.2 Å². The molecular formula is C16H13N5O. The van der Waals surface area contributed by atoms with Crippen LogP contribution in [0.15, 0.2) is 60.9 Å². The van der Waals surface area contributed by atoms with Crippen molar-refractivity contribution in [2.75, 3.05) is 0 Å². The molecule has 0 N–H and O–H groups in total. The number of hydrogen-bond acceptors (Lipinski definition) is 4. The largest absolute Gasteiger partial charge is 0.437 e. The van der Waals surface area contributed by atoms with Gasteiger partial charge in [-0.05, 0) is 30.3 Å². The maximum Gasteiger partial charge on any atom is 0.247 e. The molecule has 6 nitrogen and oxygen atoms in total. The van der Waals surface area contributed by atoms with Crippen LogP contribution in [0, 0.1) is 0 Å². The first-order valence-corrected chi connectivity index (χ1v) is 6.88. The minimum Gasteiger partial charge on any atom is -0.437 e. The molecule has 108 valence electrons. The molecule has 3 aromatic heterocycles. The molecule has 4 aromatic rings. The highest BCUT2D eigenvalue weighted by molar-refractivity contribution is 5.61. The number of aryl methyl sites for hydroxylation is 1. The molecule has 0 aliphatic heterocycles. The standard InChI is InChI=1S/C16H13N5O/c1-20-13(9-10-17-20)15-18-16(14-8-5-11-21(14)19-15)22-12-6-3-2-4-7-12/h2-11H,1H3. The number of para-hydroxylation sites is 1. The Morgan fingerprint density at radius 3 is 2.64 bits per heavy atom. The first-order valence-electron chi connectivity index (χ1n) is 6.88. The van der Waals surface area contributed by atoms with Crippen molar-refractivity contribution in [3.8, 4) is 23.1 Å². The van der Waals surface area contributed by atoms with E-state index in [0.29, 0.717) is 11.7 Å². The molecule has 0 spiro atoms. The van der Waals surface area contributed by atoms with Crippen molar-refractivity contribution < 1.29 is 4.74 Å². The highest BCUT2D eigenvalue weighted by Gasteiger charge is 2.13. The molecule has 0 saturated carbocycles. The van der Waals surface area contributed by atoms with Crippen molar-refractivity contribution in [3.63, 3.8) is 0 Å². The van der Waals surface area contributed by atoms with Gasteiger partial charge in [0.2, 0.25) is 11.7 Å². The van der Waals surface area contributed by atoms with Gasteiger partial charge in [0, 0.05) is 19.4 Å². The van der Waals surface area contributed by atoms with E-state index in [2.05, 4.69) is 15.2 Å². The first kappa shape index (κ1) is 12.6. The van der Waals surface area contributed by atoms with Crippen molar-refractivity contribution in [3.05, 3.63) is 60.9 Å². The average Bonchev–Trinajstić information content (AvgIpc) is 3.16. The predicted octanol–water partition coefficient (Wildman–Crippen LogP) is 2.92. The van der Waals surface area contributed by atoms with Gasteiger partial charge in [-0.2, -0.15) is 10.1 Å². The number of rotatable bonds is 3. The molecule has 0 amide bonds. The fourth-order valence-corrected chi connectivity index (χ4v) is 2.28. The molecule has 0 fully saturated rings. The van der Waals surface area contributed by atoms with Crippen LogP contribution in [0.25, 0.3) is 17.0 Å². The van der Waals surface area contributed by atoms with E-state index in [-0.39, 0.29) is 0 Å². The third kappa shape index (κ3) is 2.10. The van der Waals surface area contributed by atoms with Gasteiger partial charge in [-0.15, -0.1) is 5.10 Å². The van der Waals surface area contributed by atoms with Crippen molar-refractivity contribution >= 4 is 5.52 Å². The lowest BCUT2D eigenvalue weighted by atomic mass is 10.3. The predicted molar refractivity (Wildman–Crippen MR) is 81.7 cm³/mol. The van der Waals surface area contributed by atoms with E-state index in [1.807, 2.05) is 61.8 Å². The number of benzene rings is 1. The van der Waals surface area contributed by atoms with Crippen LogP contribution < -0.4 is 4.74 Å². The summed E-state index contributed by atoms with van der Waals surface area (Å²) in [5.41, 5.74) is 1.64. The van der Waals surface area contributed by atoms with E-state index in [0.717, 1.165) is 17.0 Å². The normalized spacial score (nSPS) is 11.0. The molecule has 0 aliphatic carbocycles. The fraction of sp³-hybridized carbons (Fsp3) is 0.0625. The summed E-state index contributed by atoms with van der Waals surface area (Å²) in [4.78, 5) is 4.56. The van der Waals surface area contributed by atoms with Crippen molar-refractivity contribution in [2.24, 2.45) is 7.05 Å². The summed E-state index contributed by atoms with van der Waals surface area (Å²) in [6.07, 6.45) is 3.59. The number of hydrogen-bond donors (Lipinski definition) is 0. The summed E-state index contributed by atoms with van der Waals surface area (Å²) in [6, 6.07) is 15.3. The van der Waals surface area contributed by atoms with E-state index < -0.39 is 0 Å². The summed E-state index contributed by atoms with van der Waals surface area (Å²) < 4.78 is 9.42. The summed E-state index contributed by atoms with van der Waals surface area (Å²) >= 11 is 0. The van der Waals surface area contributed by atoms with Crippen LogP contribution >= 0.6 is 0 Å². The smallest absolute Gasteiger partial charge is 0.247 e. The molecule has 0 unspecified atom stereocenters. The second-order valence-electron chi connectivity index (χ2n) is 4.83. The number of fused-ring (bicyclic) bond motifs is 1. The van der Waals surface area contributed by atoms with E-state index >= 15 is 0 Å². The van der Waals surface area contributed by atoms with E-state index in [1.54, 1.807) is 15.4 Å². The van der Waals surface area contributed by atoms with Gasteiger partial charge < -0.3 is 4.74 Å². The number of aromatic nitrogens is 5. The fourth-order valence-electron chi connectivity index (χ4n) is 2.28. The lowest BCUT2D eigenvalue weighted by Crippen LogP contribution is -2.03. The minimum atomic E-state index is 0.516. The lowest BCUT2D eigenvalue weighted by molar-refractivity contribution is 0.464. The Labute approximate surface area is 126 Å². The van der Waals surface area contributed by atoms with Gasteiger partial charge in [0.15, 0.2) is 0 Å². The van der Waals surface area contributed by atoms with Crippen LogP contribution in [-0.4, -0.2) is 24.4 Å². The molecule has 0 bridgehead atoms. The molecule has 0 radical (unpaired) electrons.